The summed E-state index contributed by atoms with van der Waals surface area (Å²) < 4.78 is 8.64. The number of anilines is 1. The zero-order chi connectivity index (χ0) is 11.0. The molecule has 0 saturated carbocycles. The van der Waals surface area contributed by atoms with E-state index in [-0.39, 0.29) is 0 Å². The Morgan fingerprint density at radius 3 is 3.19 bits per heavy atom. The van der Waals surface area contributed by atoms with Crippen LogP contribution in [0.25, 0.3) is 0 Å². The van der Waals surface area contributed by atoms with Crippen molar-refractivity contribution in [2.45, 2.75) is 18.8 Å². The summed E-state index contributed by atoms with van der Waals surface area (Å²) in [6.45, 7) is 0. The Hall–Kier alpha value is -1.49. The quantitative estimate of drug-likeness (QED) is 0.861. The van der Waals surface area contributed by atoms with Crippen LogP contribution in [0.1, 0.15) is 29.3 Å². The van der Waals surface area contributed by atoms with E-state index < -0.39 is 0 Å². The first-order valence-corrected chi connectivity index (χ1v) is 6.07. The van der Waals surface area contributed by atoms with Gasteiger partial charge in [0.15, 0.2) is 5.82 Å². The van der Waals surface area contributed by atoms with Crippen LogP contribution in [-0.4, -0.2) is 20.8 Å². The lowest BCUT2D eigenvalue weighted by Gasteiger charge is -2.08. The molecule has 1 atom stereocenters. The van der Waals surface area contributed by atoms with Gasteiger partial charge in [-0.25, -0.2) is 0 Å². The highest BCUT2D eigenvalue weighted by atomic mass is 32.1. The molecule has 5 heteroatoms. The smallest absolute Gasteiger partial charge is 0.163 e. The maximum absolute atomic E-state index is 4.48. The van der Waals surface area contributed by atoms with E-state index in [1.54, 1.807) is 0 Å². The second-order valence-corrected chi connectivity index (χ2v) is 4.42. The highest BCUT2D eigenvalue weighted by Crippen LogP contribution is 2.38. The third kappa shape index (κ3) is 1.39. The summed E-state index contributed by atoms with van der Waals surface area (Å²) in [5.74, 6) is 1.21. The molecule has 0 saturated heterocycles. The summed E-state index contributed by atoms with van der Waals surface area (Å²) in [5, 5.41) is 3.09. The molecule has 2 aromatic rings. The van der Waals surface area contributed by atoms with E-state index in [1.165, 1.54) is 23.0 Å². The number of rotatable bonds is 2. The second kappa shape index (κ2) is 3.83. The number of nitrogens with zero attached hydrogens (tertiary/aromatic N) is 3. The predicted octanol–water partition coefficient (Wildman–Crippen LogP) is 2.05. The molecule has 1 aliphatic rings. The number of aromatic nitrogens is 3. The average molecular weight is 232 g/mol. The van der Waals surface area contributed by atoms with Crippen LogP contribution in [-0.2, 0) is 6.42 Å². The van der Waals surface area contributed by atoms with Crippen molar-refractivity contribution < 1.29 is 0 Å². The normalized spacial score (nSPS) is 18.4. The summed E-state index contributed by atoms with van der Waals surface area (Å²) in [4.78, 5) is 4.48. The van der Waals surface area contributed by atoms with E-state index in [2.05, 4.69) is 25.1 Å². The maximum atomic E-state index is 4.48. The van der Waals surface area contributed by atoms with E-state index in [0.717, 1.165) is 24.4 Å². The van der Waals surface area contributed by atoms with E-state index in [9.17, 15) is 0 Å². The van der Waals surface area contributed by atoms with Gasteiger partial charge < -0.3 is 5.32 Å². The Morgan fingerprint density at radius 2 is 2.31 bits per heavy atom. The molecule has 0 aliphatic heterocycles. The minimum Gasteiger partial charge on any atom is -0.371 e. The van der Waals surface area contributed by atoms with Crippen molar-refractivity contribution in [1.29, 1.82) is 0 Å². The van der Waals surface area contributed by atoms with Crippen LogP contribution >= 0.6 is 11.7 Å². The van der Waals surface area contributed by atoms with Gasteiger partial charge in [0.1, 0.15) is 5.69 Å². The Balaban J connectivity index is 2.04. The number of hydrogen-bond acceptors (Lipinski definition) is 5. The van der Waals surface area contributed by atoms with Gasteiger partial charge in [-0.3, -0.25) is 4.98 Å². The van der Waals surface area contributed by atoms with Crippen LogP contribution in [0.3, 0.4) is 0 Å². The van der Waals surface area contributed by atoms with Crippen LogP contribution in [0.5, 0.6) is 0 Å². The molecule has 4 nitrogen and oxygen atoms in total. The summed E-state index contributed by atoms with van der Waals surface area (Å²) in [6, 6.07) is 4.15. The lowest BCUT2D eigenvalue weighted by molar-refractivity contribution is 0.756. The molecule has 1 unspecified atom stereocenters. The number of hydrogen-bond donors (Lipinski definition) is 1. The molecule has 0 radical (unpaired) electrons. The van der Waals surface area contributed by atoms with Crippen molar-refractivity contribution in [3.63, 3.8) is 0 Å². The van der Waals surface area contributed by atoms with E-state index in [1.807, 2.05) is 19.3 Å². The molecule has 0 aromatic carbocycles. The second-order valence-electron chi connectivity index (χ2n) is 3.89. The minimum absolute atomic E-state index is 0.317. The number of pyridine rings is 1. The largest absolute Gasteiger partial charge is 0.371 e. The van der Waals surface area contributed by atoms with Crippen LogP contribution < -0.4 is 5.32 Å². The number of aryl methyl sites for hydroxylation is 1. The molecular weight excluding hydrogens is 220 g/mol. The molecule has 82 valence electrons. The molecule has 1 N–H and O–H groups in total. The van der Waals surface area contributed by atoms with Crippen LogP contribution in [0, 0.1) is 0 Å². The van der Waals surface area contributed by atoms with Crippen LogP contribution in [0.2, 0.25) is 0 Å². The number of fused-ring (bicyclic) bond motifs is 1. The molecule has 2 heterocycles. The molecule has 0 fully saturated rings. The third-order valence-corrected chi connectivity index (χ3v) is 3.58. The SMILES string of the molecule is CNc1nsnc1C1CCc2cccnc21. The third-order valence-electron chi connectivity index (χ3n) is 3.04. The van der Waals surface area contributed by atoms with Gasteiger partial charge in [0.05, 0.1) is 17.4 Å². The average Bonchev–Trinajstić information content (AvgIpc) is 2.94. The maximum Gasteiger partial charge on any atom is 0.163 e. The fourth-order valence-electron chi connectivity index (χ4n) is 2.28. The minimum atomic E-state index is 0.317. The predicted molar refractivity (Wildman–Crippen MR) is 63.9 cm³/mol. The standard InChI is InChI=1S/C11H12N4S/c1-12-11-10(14-16-15-11)8-5-4-7-3-2-6-13-9(7)8/h2-3,6,8H,4-5H2,1H3,(H,12,15). The van der Waals surface area contributed by atoms with E-state index in [0.29, 0.717) is 5.92 Å². The van der Waals surface area contributed by atoms with E-state index in [4.69, 9.17) is 0 Å². The molecule has 0 spiro atoms. The molecule has 0 amide bonds. The fraction of sp³-hybridized carbons (Fsp3) is 0.364. The zero-order valence-electron chi connectivity index (χ0n) is 8.97. The van der Waals surface area contributed by atoms with Gasteiger partial charge in [0, 0.05) is 19.2 Å². The Kier molecular flexibility index (Phi) is 2.32. The first-order valence-electron chi connectivity index (χ1n) is 5.34. The van der Waals surface area contributed by atoms with Gasteiger partial charge in [-0.15, -0.1) is 0 Å². The first kappa shape index (κ1) is 9.72. The molecule has 16 heavy (non-hydrogen) atoms. The van der Waals surface area contributed by atoms with Gasteiger partial charge >= 0.3 is 0 Å². The summed E-state index contributed by atoms with van der Waals surface area (Å²) >= 11 is 1.26. The van der Waals surface area contributed by atoms with Crippen molar-refractivity contribution in [3.8, 4) is 0 Å². The van der Waals surface area contributed by atoms with Crippen LogP contribution in [0.15, 0.2) is 18.3 Å². The highest BCUT2D eigenvalue weighted by molar-refractivity contribution is 6.99. The monoisotopic (exact) mass is 232 g/mol. The highest BCUT2D eigenvalue weighted by Gasteiger charge is 2.29. The lowest BCUT2D eigenvalue weighted by atomic mass is 10.0. The number of nitrogens with one attached hydrogen (secondary N) is 1. The van der Waals surface area contributed by atoms with Crippen molar-refractivity contribution in [3.05, 3.63) is 35.3 Å². The Labute approximate surface area is 98.1 Å². The zero-order valence-corrected chi connectivity index (χ0v) is 9.79. The first-order chi connectivity index (χ1) is 7.90. The summed E-state index contributed by atoms with van der Waals surface area (Å²) in [5.41, 5.74) is 3.57. The van der Waals surface area contributed by atoms with Crippen molar-refractivity contribution in [1.82, 2.24) is 13.7 Å². The fourth-order valence-corrected chi connectivity index (χ4v) is 2.89. The van der Waals surface area contributed by atoms with Gasteiger partial charge in [-0.05, 0) is 24.5 Å². The Bertz CT molecular complexity index is 508. The van der Waals surface area contributed by atoms with Gasteiger partial charge in [-0.1, -0.05) is 6.07 Å². The van der Waals surface area contributed by atoms with Crippen molar-refractivity contribution in [2.24, 2.45) is 0 Å². The topological polar surface area (TPSA) is 50.7 Å². The van der Waals surface area contributed by atoms with E-state index >= 15 is 0 Å². The van der Waals surface area contributed by atoms with Gasteiger partial charge in [0.2, 0.25) is 0 Å². The van der Waals surface area contributed by atoms with Gasteiger partial charge in [-0.2, -0.15) is 8.75 Å². The summed E-state index contributed by atoms with van der Waals surface area (Å²) in [7, 11) is 1.88. The van der Waals surface area contributed by atoms with Gasteiger partial charge in [0.25, 0.3) is 0 Å². The lowest BCUT2D eigenvalue weighted by Crippen LogP contribution is -2.03. The molecule has 0 bridgehead atoms. The summed E-state index contributed by atoms with van der Waals surface area (Å²) in [6.07, 6.45) is 4.04. The molecule has 1 aliphatic carbocycles. The Morgan fingerprint density at radius 1 is 1.38 bits per heavy atom. The molecule has 3 rings (SSSR count). The molecule has 2 aromatic heterocycles. The van der Waals surface area contributed by atoms with Crippen LogP contribution in [0.4, 0.5) is 5.82 Å². The van der Waals surface area contributed by atoms with Crippen molar-refractivity contribution in [2.75, 3.05) is 12.4 Å². The van der Waals surface area contributed by atoms with Crippen molar-refractivity contribution >= 4 is 17.5 Å². The molecular formula is C11H12N4S.